The number of urea groups is 1. The molecule has 2 saturated heterocycles. The van der Waals surface area contributed by atoms with Gasteiger partial charge in [0.15, 0.2) is 0 Å². The third-order valence-electron chi connectivity index (χ3n) is 6.70. The Morgan fingerprint density at radius 2 is 1.84 bits per heavy atom. The van der Waals surface area contributed by atoms with Crippen molar-refractivity contribution >= 4 is 17.7 Å². The molecule has 2 fully saturated rings. The summed E-state index contributed by atoms with van der Waals surface area (Å²) in [5.74, 6) is 0.598. The van der Waals surface area contributed by atoms with E-state index in [1.54, 1.807) is 17.3 Å². The Labute approximate surface area is 190 Å². The Morgan fingerprint density at radius 3 is 2.53 bits per heavy atom. The van der Waals surface area contributed by atoms with E-state index in [0.717, 1.165) is 51.0 Å². The number of hydrogen-bond donors (Lipinski definition) is 2. The second-order valence-corrected chi connectivity index (χ2v) is 8.83. The van der Waals surface area contributed by atoms with Crippen LogP contribution in [0.25, 0.3) is 0 Å². The van der Waals surface area contributed by atoms with Crippen LogP contribution in [0, 0.1) is 0 Å². The van der Waals surface area contributed by atoms with Crippen LogP contribution < -0.4 is 15.5 Å². The van der Waals surface area contributed by atoms with Crippen molar-refractivity contribution in [3.05, 3.63) is 48.3 Å². The van der Waals surface area contributed by atoms with Crippen molar-refractivity contribution in [1.29, 1.82) is 0 Å². The molecule has 2 amide bonds. The molecule has 32 heavy (non-hydrogen) atoms. The monoisotopic (exact) mass is 438 g/mol. The van der Waals surface area contributed by atoms with E-state index in [2.05, 4.69) is 63.9 Å². The lowest BCUT2D eigenvalue weighted by Gasteiger charge is -2.41. The first kappa shape index (κ1) is 22.5. The zero-order valence-corrected chi connectivity index (χ0v) is 19.1. The number of amides is 2. The highest BCUT2D eigenvalue weighted by Gasteiger charge is 2.35. The first-order valence-electron chi connectivity index (χ1n) is 11.5. The number of benzene rings is 1. The molecule has 172 valence electrons. The number of aromatic nitrogens is 2. The van der Waals surface area contributed by atoms with Gasteiger partial charge in [0.25, 0.3) is 0 Å². The largest absolute Gasteiger partial charge is 0.381 e. The molecular weight excluding hydrogens is 404 g/mol. The van der Waals surface area contributed by atoms with Crippen LogP contribution in [0.2, 0.25) is 0 Å². The van der Waals surface area contributed by atoms with Gasteiger partial charge in [-0.1, -0.05) is 30.3 Å². The number of nitrogens with zero attached hydrogens (tertiary/aromatic N) is 4. The van der Waals surface area contributed by atoms with Crippen LogP contribution in [0.5, 0.6) is 0 Å². The van der Waals surface area contributed by atoms with Crippen LogP contribution in [0.4, 0.5) is 16.4 Å². The first-order chi connectivity index (χ1) is 15.6. The van der Waals surface area contributed by atoms with E-state index < -0.39 is 0 Å². The number of anilines is 2. The number of carbonyl (C=O) groups excluding carboxylic acids is 1. The molecule has 0 unspecified atom stereocenters. The molecular formula is C24H34N6O2. The van der Waals surface area contributed by atoms with Gasteiger partial charge >= 0.3 is 6.03 Å². The van der Waals surface area contributed by atoms with Crippen molar-refractivity contribution in [2.45, 2.75) is 43.7 Å². The van der Waals surface area contributed by atoms with Gasteiger partial charge in [-0.05, 0) is 51.8 Å². The lowest BCUT2D eigenvalue weighted by atomic mass is 9.81. The zero-order valence-electron chi connectivity index (χ0n) is 19.1. The third-order valence-corrected chi connectivity index (χ3v) is 6.70. The Morgan fingerprint density at radius 1 is 1.12 bits per heavy atom. The van der Waals surface area contributed by atoms with Gasteiger partial charge in [-0.3, -0.25) is 9.80 Å². The fourth-order valence-electron chi connectivity index (χ4n) is 4.78. The average molecular weight is 439 g/mol. The summed E-state index contributed by atoms with van der Waals surface area (Å²) in [6.45, 7) is 2.75. The summed E-state index contributed by atoms with van der Waals surface area (Å²) in [4.78, 5) is 26.0. The highest BCUT2D eigenvalue weighted by Crippen LogP contribution is 2.36. The van der Waals surface area contributed by atoms with Crippen molar-refractivity contribution in [3.8, 4) is 0 Å². The summed E-state index contributed by atoms with van der Waals surface area (Å²) in [5.41, 5.74) is 1.90. The fourth-order valence-corrected chi connectivity index (χ4v) is 4.78. The Hall–Kier alpha value is -2.71. The second kappa shape index (κ2) is 10.3. The van der Waals surface area contributed by atoms with Gasteiger partial charge in [-0.15, -0.1) is 0 Å². The molecule has 0 radical (unpaired) electrons. The van der Waals surface area contributed by atoms with Crippen molar-refractivity contribution < 1.29 is 9.53 Å². The van der Waals surface area contributed by atoms with Crippen LogP contribution in [-0.4, -0.2) is 67.3 Å². The molecule has 1 aromatic carbocycles. The van der Waals surface area contributed by atoms with E-state index in [0.29, 0.717) is 25.1 Å². The van der Waals surface area contributed by atoms with Crippen LogP contribution in [0.3, 0.4) is 0 Å². The molecule has 3 heterocycles. The Balaban J connectivity index is 1.46. The van der Waals surface area contributed by atoms with Gasteiger partial charge in [-0.2, -0.15) is 0 Å². The van der Waals surface area contributed by atoms with E-state index in [4.69, 9.17) is 4.74 Å². The minimum Gasteiger partial charge on any atom is -0.381 e. The van der Waals surface area contributed by atoms with E-state index >= 15 is 0 Å². The number of ether oxygens (including phenoxy) is 1. The van der Waals surface area contributed by atoms with Crippen molar-refractivity contribution in [2.75, 3.05) is 50.6 Å². The molecule has 2 aromatic rings. The average Bonchev–Trinajstić information content (AvgIpc) is 2.90. The smallest absolute Gasteiger partial charge is 0.321 e. The number of hydrogen-bond acceptors (Lipinski definition) is 6. The number of rotatable bonds is 5. The van der Waals surface area contributed by atoms with E-state index in [1.807, 2.05) is 6.07 Å². The lowest BCUT2D eigenvalue weighted by molar-refractivity contribution is 0.0903. The number of carbonyl (C=O) groups is 1. The van der Waals surface area contributed by atoms with Gasteiger partial charge in [0.2, 0.25) is 5.95 Å². The molecule has 2 aliphatic heterocycles. The molecule has 2 aliphatic rings. The van der Waals surface area contributed by atoms with Crippen LogP contribution in [0.15, 0.2) is 42.7 Å². The van der Waals surface area contributed by atoms with E-state index in [1.165, 1.54) is 5.56 Å². The molecule has 2 N–H and O–H groups in total. The zero-order chi connectivity index (χ0) is 22.4. The fraction of sp³-hybridized carbons (Fsp3) is 0.542. The van der Waals surface area contributed by atoms with Crippen LogP contribution >= 0.6 is 0 Å². The number of nitrogens with one attached hydrogen (secondary N) is 2. The third kappa shape index (κ3) is 5.02. The summed E-state index contributed by atoms with van der Waals surface area (Å²) in [6, 6.07) is 10.8. The quantitative estimate of drug-likeness (QED) is 0.746. The highest BCUT2D eigenvalue weighted by atomic mass is 16.5. The van der Waals surface area contributed by atoms with Crippen LogP contribution in [0.1, 0.15) is 37.7 Å². The highest BCUT2D eigenvalue weighted by molar-refractivity contribution is 5.91. The summed E-state index contributed by atoms with van der Waals surface area (Å²) >= 11 is 0. The van der Waals surface area contributed by atoms with Crippen molar-refractivity contribution in [1.82, 2.24) is 20.2 Å². The molecule has 1 atom stereocenters. The lowest BCUT2D eigenvalue weighted by Crippen LogP contribution is -2.44. The molecule has 1 aromatic heterocycles. The van der Waals surface area contributed by atoms with Gasteiger partial charge in [-0.25, -0.2) is 14.8 Å². The maximum absolute atomic E-state index is 13.0. The predicted octanol–water partition coefficient (Wildman–Crippen LogP) is 3.22. The van der Waals surface area contributed by atoms with Gasteiger partial charge in [0, 0.05) is 37.9 Å². The molecule has 8 heteroatoms. The molecule has 0 bridgehead atoms. The van der Waals surface area contributed by atoms with E-state index in [-0.39, 0.29) is 11.6 Å². The van der Waals surface area contributed by atoms with Crippen molar-refractivity contribution in [2.24, 2.45) is 0 Å². The minimum atomic E-state index is -0.113. The predicted molar refractivity (Wildman–Crippen MR) is 126 cm³/mol. The Bertz CT molecular complexity index is 870. The Kier molecular flexibility index (Phi) is 7.22. The van der Waals surface area contributed by atoms with Gasteiger partial charge in [0.1, 0.15) is 0 Å². The summed E-state index contributed by atoms with van der Waals surface area (Å²) in [6.07, 6.45) is 8.07. The molecule has 8 nitrogen and oxygen atoms in total. The maximum Gasteiger partial charge on any atom is 0.321 e. The van der Waals surface area contributed by atoms with Gasteiger partial charge < -0.3 is 15.4 Å². The summed E-state index contributed by atoms with van der Waals surface area (Å²) in [5, 5.41) is 6.48. The second-order valence-electron chi connectivity index (χ2n) is 8.83. The van der Waals surface area contributed by atoms with Gasteiger partial charge in [0.05, 0.1) is 18.1 Å². The van der Waals surface area contributed by atoms with E-state index in [9.17, 15) is 4.79 Å². The SMILES string of the molecule is CN(C)[C@@]1(c2ccccc2)CCCN(c2cnc(NC3CCOCC3)nc2)C(=O)NCC1. The topological polar surface area (TPSA) is 82.6 Å². The maximum atomic E-state index is 13.0. The standard InChI is InChI=1S/C24H34N6O2/c1-29(2)24(19-7-4-3-5-8-19)11-6-14-30(23(31)25-13-12-24)21-17-26-22(27-18-21)28-20-9-15-32-16-10-20/h3-5,7-8,17-18,20H,6,9-16H2,1-2H3,(H,25,31)(H,26,27,28)/t24-/m0/s1. The first-order valence-corrected chi connectivity index (χ1v) is 11.5. The normalized spacial score (nSPS) is 23.2. The molecule has 0 saturated carbocycles. The molecule has 4 rings (SSSR count). The summed E-state index contributed by atoms with van der Waals surface area (Å²) < 4.78 is 5.40. The molecule has 0 aliphatic carbocycles. The minimum absolute atomic E-state index is 0.0960. The van der Waals surface area contributed by atoms with Crippen LogP contribution in [-0.2, 0) is 10.3 Å². The molecule has 0 spiro atoms. The summed E-state index contributed by atoms with van der Waals surface area (Å²) in [7, 11) is 4.25. The van der Waals surface area contributed by atoms with Crippen molar-refractivity contribution in [3.63, 3.8) is 0 Å².